The van der Waals surface area contributed by atoms with E-state index in [0.717, 1.165) is 4.47 Å². The first-order chi connectivity index (χ1) is 11.1. The van der Waals surface area contributed by atoms with E-state index in [1.165, 1.54) is 27.5 Å². The van der Waals surface area contributed by atoms with Gasteiger partial charge in [0.1, 0.15) is 5.69 Å². The Labute approximate surface area is 141 Å². The third-order valence-electron chi connectivity index (χ3n) is 2.96. The van der Waals surface area contributed by atoms with Gasteiger partial charge in [0.25, 0.3) is 5.91 Å². The van der Waals surface area contributed by atoms with E-state index >= 15 is 0 Å². The van der Waals surface area contributed by atoms with Crippen molar-refractivity contribution in [2.24, 2.45) is 5.10 Å². The Kier molecular flexibility index (Phi) is 5.64. The molecule has 2 aromatic rings. The molecule has 0 aliphatic heterocycles. The average Bonchev–Trinajstić information content (AvgIpc) is 3.00. The minimum absolute atomic E-state index is 0.348. The van der Waals surface area contributed by atoms with Gasteiger partial charge in [0.05, 0.1) is 27.5 Å². The van der Waals surface area contributed by atoms with Gasteiger partial charge in [0.15, 0.2) is 11.5 Å². The predicted molar refractivity (Wildman–Crippen MR) is 89.7 cm³/mol. The molecule has 1 amide bonds. The van der Waals surface area contributed by atoms with Gasteiger partial charge in [-0.3, -0.25) is 4.79 Å². The second-order valence-electron chi connectivity index (χ2n) is 4.39. The maximum Gasteiger partial charge on any atom is 0.287 e. The Morgan fingerprint density at radius 3 is 2.30 bits per heavy atom. The SMILES string of the molecule is COc1cc(/C=N\NC(=O)c2cc(Br)c[nH]2)cc(OC)c1OC. The van der Waals surface area contributed by atoms with Gasteiger partial charge in [0, 0.05) is 16.2 Å². The van der Waals surface area contributed by atoms with E-state index in [-0.39, 0.29) is 5.91 Å². The number of carbonyl (C=O) groups excluding carboxylic acids is 1. The summed E-state index contributed by atoms with van der Waals surface area (Å²) in [4.78, 5) is 14.7. The van der Waals surface area contributed by atoms with Gasteiger partial charge < -0.3 is 19.2 Å². The van der Waals surface area contributed by atoms with Crippen LogP contribution < -0.4 is 19.6 Å². The summed E-state index contributed by atoms with van der Waals surface area (Å²) >= 11 is 3.26. The third kappa shape index (κ3) is 4.04. The summed E-state index contributed by atoms with van der Waals surface area (Å²) in [6.07, 6.45) is 3.15. The first-order valence-electron chi connectivity index (χ1n) is 6.56. The Balaban J connectivity index is 2.14. The third-order valence-corrected chi connectivity index (χ3v) is 3.42. The topological polar surface area (TPSA) is 84.9 Å². The van der Waals surface area contributed by atoms with Crippen LogP contribution in [0.25, 0.3) is 0 Å². The van der Waals surface area contributed by atoms with Crippen molar-refractivity contribution in [3.8, 4) is 17.2 Å². The zero-order chi connectivity index (χ0) is 16.8. The van der Waals surface area contributed by atoms with Crippen LogP contribution in [-0.2, 0) is 0 Å². The van der Waals surface area contributed by atoms with E-state index in [1.54, 1.807) is 24.4 Å². The van der Waals surface area contributed by atoms with Crippen molar-refractivity contribution in [1.29, 1.82) is 0 Å². The lowest BCUT2D eigenvalue weighted by Gasteiger charge is -2.12. The first-order valence-corrected chi connectivity index (χ1v) is 7.35. The molecule has 0 bridgehead atoms. The van der Waals surface area contributed by atoms with Crippen LogP contribution >= 0.6 is 15.9 Å². The smallest absolute Gasteiger partial charge is 0.287 e. The summed E-state index contributed by atoms with van der Waals surface area (Å²) in [5.41, 5.74) is 3.52. The van der Waals surface area contributed by atoms with E-state index in [9.17, 15) is 4.79 Å². The van der Waals surface area contributed by atoms with Crippen molar-refractivity contribution in [1.82, 2.24) is 10.4 Å². The van der Waals surface area contributed by atoms with Crippen LogP contribution in [0.2, 0.25) is 0 Å². The van der Waals surface area contributed by atoms with Crippen LogP contribution in [0.5, 0.6) is 17.2 Å². The second-order valence-corrected chi connectivity index (χ2v) is 5.31. The fourth-order valence-electron chi connectivity index (χ4n) is 1.90. The molecule has 122 valence electrons. The number of rotatable bonds is 6. The molecule has 0 aliphatic carbocycles. The summed E-state index contributed by atoms with van der Waals surface area (Å²) in [6.45, 7) is 0. The number of hydrogen-bond donors (Lipinski definition) is 2. The first kappa shape index (κ1) is 16.9. The number of hydrazone groups is 1. The molecule has 2 N–H and O–H groups in total. The van der Waals surface area contributed by atoms with E-state index in [1.807, 2.05) is 0 Å². The highest BCUT2D eigenvalue weighted by molar-refractivity contribution is 9.10. The molecular weight excluding hydrogens is 366 g/mol. The van der Waals surface area contributed by atoms with E-state index in [0.29, 0.717) is 28.5 Å². The molecule has 1 aromatic heterocycles. The van der Waals surface area contributed by atoms with Gasteiger partial charge in [0.2, 0.25) is 5.75 Å². The molecule has 2 rings (SSSR count). The van der Waals surface area contributed by atoms with Crippen LogP contribution in [0.4, 0.5) is 0 Å². The van der Waals surface area contributed by atoms with Crippen LogP contribution in [-0.4, -0.2) is 38.4 Å². The number of hydrogen-bond acceptors (Lipinski definition) is 5. The van der Waals surface area contributed by atoms with E-state index < -0.39 is 0 Å². The molecule has 1 heterocycles. The number of H-pyrrole nitrogens is 1. The maximum absolute atomic E-state index is 11.8. The highest BCUT2D eigenvalue weighted by Crippen LogP contribution is 2.37. The summed E-state index contributed by atoms with van der Waals surface area (Å²) < 4.78 is 16.5. The number of ether oxygens (including phenoxy) is 3. The van der Waals surface area contributed by atoms with Crippen molar-refractivity contribution in [2.75, 3.05) is 21.3 Å². The van der Waals surface area contributed by atoms with Gasteiger partial charge in [-0.1, -0.05) is 0 Å². The van der Waals surface area contributed by atoms with Crippen LogP contribution in [0.15, 0.2) is 34.0 Å². The second kappa shape index (κ2) is 7.68. The zero-order valence-corrected chi connectivity index (χ0v) is 14.4. The molecule has 0 radical (unpaired) electrons. The van der Waals surface area contributed by atoms with Crippen molar-refractivity contribution in [3.05, 3.63) is 40.1 Å². The van der Waals surface area contributed by atoms with Crippen molar-refractivity contribution < 1.29 is 19.0 Å². The number of amides is 1. The van der Waals surface area contributed by atoms with E-state index in [4.69, 9.17) is 14.2 Å². The number of methoxy groups -OCH3 is 3. The summed E-state index contributed by atoms with van der Waals surface area (Å²) in [5, 5.41) is 3.92. The summed E-state index contributed by atoms with van der Waals surface area (Å²) in [7, 11) is 4.59. The van der Waals surface area contributed by atoms with Crippen molar-refractivity contribution in [2.45, 2.75) is 0 Å². The average molecular weight is 382 g/mol. The summed E-state index contributed by atoms with van der Waals surface area (Å²) in [5.74, 6) is 1.16. The molecule has 0 saturated carbocycles. The van der Waals surface area contributed by atoms with Gasteiger partial charge >= 0.3 is 0 Å². The summed E-state index contributed by atoms with van der Waals surface area (Å²) in [6, 6.07) is 5.11. The van der Waals surface area contributed by atoms with Crippen LogP contribution in [0.3, 0.4) is 0 Å². The van der Waals surface area contributed by atoms with Gasteiger partial charge in [-0.15, -0.1) is 0 Å². The van der Waals surface area contributed by atoms with Crippen molar-refractivity contribution in [3.63, 3.8) is 0 Å². The number of halogens is 1. The quantitative estimate of drug-likeness (QED) is 0.594. The highest BCUT2D eigenvalue weighted by Gasteiger charge is 2.12. The zero-order valence-electron chi connectivity index (χ0n) is 12.8. The predicted octanol–water partition coefficient (Wildman–Crippen LogP) is 2.57. The van der Waals surface area contributed by atoms with Crippen LogP contribution in [0.1, 0.15) is 16.1 Å². The standard InChI is InChI=1S/C15H16BrN3O4/c1-21-12-4-9(5-13(22-2)14(12)23-3)7-18-19-15(20)11-6-10(16)8-17-11/h4-8,17H,1-3H3,(H,19,20)/b18-7-. The lowest BCUT2D eigenvalue weighted by molar-refractivity contribution is 0.0951. The molecule has 0 unspecified atom stereocenters. The Morgan fingerprint density at radius 2 is 1.83 bits per heavy atom. The maximum atomic E-state index is 11.8. The Bertz CT molecular complexity index is 702. The molecule has 0 atom stereocenters. The van der Waals surface area contributed by atoms with Crippen LogP contribution in [0, 0.1) is 0 Å². The fourth-order valence-corrected chi connectivity index (χ4v) is 2.24. The molecular formula is C15H16BrN3O4. The molecule has 7 nitrogen and oxygen atoms in total. The molecule has 0 aliphatic rings. The Morgan fingerprint density at radius 1 is 1.17 bits per heavy atom. The van der Waals surface area contributed by atoms with Gasteiger partial charge in [-0.2, -0.15) is 5.10 Å². The van der Waals surface area contributed by atoms with Gasteiger partial charge in [-0.25, -0.2) is 5.43 Å². The minimum Gasteiger partial charge on any atom is -0.493 e. The van der Waals surface area contributed by atoms with E-state index in [2.05, 4.69) is 31.4 Å². The number of nitrogens with zero attached hydrogens (tertiary/aromatic N) is 1. The minimum atomic E-state index is -0.348. The fraction of sp³-hybridized carbons (Fsp3) is 0.200. The molecule has 0 saturated heterocycles. The normalized spacial score (nSPS) is 10.6. The highest BCUT2D eigenvalue weighted by atomic mass is 79.9. The Hall–Kier alpha value is -2.48. The molecule has 23 heavy (non-hydrogen) atoms. The number of carbonyl (C=O) groups is 1. The number of benzene rings is 1. The molecule has 1 aromatic carbocycles. The largest absolute Gasteiger partial charge is 0.493 e. The lowest BCUT2D eigenvalue weighted by Crippen LogP contribution is -2.17. The molecule has 0 spiro atoms. The van der Waals surface area contributed by atoms with Gasteiger partial charge in [-0.05, 0) is 34.1 Å². The number of aromatic nitrogens is 1. The molecule has 0 fully saturated rings. The lowest BCUT2D eigenvalue weighted by atomic mass is 10.2. The monoisotopic (exact) mass is 381 g/mol. The molecule has 8 heteroatoms. The number of nitrogens with one attached hydrogen (secondary N) is 2. The van der Waals surface area contributed by atoms with Crippen molar-refractivity contribution >= 4 is 28.1 Å². The number of aromatic amines is 1.